The standard InChI is InChI=1S/C17H25ClFNO/c1-3-20-15(7-12-8-16(9-12)21-4-2)11-13-10-14(19)5-6-17(13)18/h5-6,10,12,15-16,20H,3-4,7-9,11H2,1-2H3. The maximum atomic E-state index is 13.4. The van der Waals surface area contributed by atoms with Crippen molar-refractivity contribution >= 4 is 11.6 Å². The van der Waals surface area contributed by atoms with Crippen LogP contribution in [0.3, 0.4) is 0 Å². The molecular formula is C17H25ClFNO. The van der Waals surface area contributed by atoms with E-state index in [1.165, 1.54) is 6.07 Å². The zero-order valence-corrected chi connectivity index (χ0v) is 13.6. The first kappa shape index (κ1) is 16.7. The predicted molar refractivity (Wildman–Crippen MR) is 85.3 cm³/mol. The van der Waals surface area contributed by atoms with Gasteiger partial charge in [0.15, 0.2) is 0 Å². The second-order valence-electron chi connectivity index (χ2n) is 5.84. The van der Waals surface area contributed by atoms with E-state index >= 15 is 0 Å². The van der Waals surface area contributed by atoms with Gasteiger partial charge in [-0.2, -0.15) is 0 Å². The van der Waals surface area contributed by atoms with Crippen LogP contribution in [0, 0.1) is 11.7 Å². The minimum atomic E-state index is -0.218. The summed E-state index contributed by atoms with van der Waals surface area (Å²) in [6, 6.07) is 4.95. The summed E-state index contributed by atoms with van der Waals surface area (Å²) in [6.07, 6.45) is 4.61. The molecule has 4 heteroatoms. The number of ether oxygens (including phenoxy) is 1. The fourth-order valence-electron chi connectivity index (χ4n) is 3.13. The second-order valence-corrected chi connectivity index (χ2v) is 6.25. The van der Waals surface area contributed by atoms with Crippen molar-refractivity contribution in [2.45, 2.75) is 51.7 Å². The lowest BCUT2D eigenvalue weighted by atomic mass is 9.77. The Morgan fingerprint density at radius 2 is 2.14 bits per heavy atom. The summed E-state index contributed by atoms with van der Waals surface area (Å²) in [5.41, 5.74) is 0.892. The van der Waals surface area contributed by atoms with Crippen LogP contribution in [0.15, 0.2) is 18.2 Å². The van der Waals surface area contributed by atoms with Crippen molar-refractivity contribution < 1.29 is 9.13 Å². The van der Waals surface area contributed by atoms with Crippen molar-refractivity contribution in [2.24, 2.45) is 5.92 Å². The molecule has 1 fully saturated rings. The van der Waals surface area contributed by atoms with Crippen LogP contribution >= 0.6 is 11.6 Å². The molecule has 2 nitrogen and oxygen atoms in total. The molecule has 0 heterocycles. The Morgan fingerprint density at radius 1 is 1.38 bits per heavy atom. The van der Waals surface area contributed by atoms with Crippen LogP contribution in [0.25, 0.3) is 0 Å². The van der Waals surface area contributed by atoms with E-state index in [0.29, 0.717) is 23.1 Å². The van der Waals surface area contributed by atoms with Crippen molar-refractivity contribution in [3.05, 3.63) is 34.6 Å². The van der Waals surface area contributed by atoms with Gasteiger partial charge in [0.2, 0.25) is 0 Å². The zero-order chi connectivity index (χ0) is 15.2. The van der Waals surface area contributed by atoms with Gasteiger partial charge in [-0.1, -0.05) is 18.5 Å². The van der Waals surface area contributed by atoms with E-state index in [4.69, 9.17) is 16.3 Å². The molecule has 0 spiro atoms. The van der Waals surface area contributed by atoms with Crippen molar-refractivity contribution in [3.8, 4) is 0 Å². The van der Waals surface area contributed by atoms with Gasteiger partial charge in [0.1, 0.15) is 5.82 Å². The lowest BCUT2D eigenvalue weighted by molar-refractivity contribution is -0.0289. The highest BCUT2D eigenvalue weighted by Gasteiger charge is 2.31. The first-order valence-electron chi connectivity index (χ1n) is 7.91. The fourth-order valence-corrected chi connectivity index (χ4v) is 3.33. The normalized spacial score (nSPS) is 22.9. The van der Waals surface area contributed by atoms with E-state index in [1.807, 2.05) is 6.92 Å². The third-order valence-corrected chi connectivity index (χ3v) is 4.55. The lowest BCUT2D eigenvalue weighted by Crippen LogP contribution is -2.39. The number of benzene rings is 1. The molecule has 1 aromatic carbocycles. The minimum Gasteiger partial charge on any atom is -0.378 e. The summed E-state index contributed by atoms with van der Waals surface area (Å²) < 4.78 is 19.0. The van der Waals surface area contributed by atoms with Gasteiger partial charge >= 0.3 is 0 Å². The second kappa shape index (κ2) is 8.11. The number of likely N-dealkylation sites (N-methyl/N-ethyl adjacent to an activating group) is 1. The first-order chi connectivity index (χ1) is 10.1. The van der Waals surface area contributed by atoms with Gasteiger partial charge in [0, 0.05) is 17.7 Å². The summed E-state index contributed by atoms with van der Waals surface area (Å²) in [6.45, 7) is 5.86. The maximum Gasteiger partial charge on any atom is 0.123 e. The average molecular weight is 314 g/mol. The maximum absolute atomic E-state index is 13.4. The lowest BCUT2D eigenvalue weighted by Gasteiger charge is -2.37. The summed E-state index contributed by atoms with van der Waals surface area (Å²) >= 11 is 6.17. The number of rotatable bonds is 8. The molecule has 1 saturated carbocycles. The smallest absolute Gasteiger partial charge is 0.123 e. The zero-order valence-electron chi connectivity index (χ0n) is 12.9. The molecule has 1 N–H and O–H groups in total. The van der Waals surface area contributed by atoms with Crippen molar-refractivity contribution in [1.82, 2.24) is 5.32 Å². The number of halogens is 2. The highest BCUT2D eigenvalue weighted by atomic mass is 35.5. The van der Waals surface area contributed by atoms with E-state index < -0.39 is 0 Å². The quantitative estimate of drug-likeness (QED) is 0.776. The molecule has 1 atom stereocenters. The van der Waals surface area contributed by atoms with Gasteiger partial charge in [0.25, 0.3) is 0 Å². The topological polar surface area (TPSA) is 21.3 Å². The van der Waals surface area contributed by atoms with E-state index in [-0.39, 0.29) is 5.82 Å². The number of hydrogen-bond acceptors (Lipinski definition) is 2. The average Bonchev–Trinajstić information content (AvgIpc) is 2.41. The van der Waals surface area contributed by atoms with Crippen molar-refractivity contribution in [3.63, 3.8) is 0 Å². The SMILES string of the molecule is CCNC(Cc1cc(F)ccc1Cl)CC1CC(OCC)C1. The van der Waals surface area contributed by atoms with Crippen LogP contribution in [0.1, 0.15) is 38.7 Å². The Bertz CT molecular complexity index is 448. The Labute approximate surface area is 132 Å². The fraction of sp³-hybridized carbons (Fsp3) is 0.647. The number of nitrogens with one attached hydrogen (secondary N) is 1. The Balaban J connectivity index is 1.89. The van der Waals surface area contributed by atoms with Crippen LogP contribution in [-0.4, -0.2) is 25.3 Å². The Morgan fingerprint density at radius 3 is 2.81 bits per heavy atom. The van der Waals surface area contributed by atoms with E-state index in [9.17, 15) is 4.39 Å². The van der Waals surface area contributed by atoms with Crippen molar-refractivity contribution in [1.29, 1.82) is 0 Å². The Kier molecular flexibility index (Phi) is 6.46. The molecule has 0 amide bonds. The molecule has 1 aromatic rings. The van der Waals surface area contributed by atoms with Gasteiger partial charge in [-0.15, -0.1) is 0 Å². The number of hydrogen-bond donors (Lipinski definition) is 1. The van der Waals surface area contributed by atoms with Crippen LogP contribution in [0.2, 0.25) is 5.02 Å². The predicted octanol–water partition coefficient (Wildman–Crippen LogP) is 4.20. The molecule has 0 aromatic heterocycles. The third-order valence-electron chi connectivity index (χ3n) is 4.18. The van der Waals surface area contributed by atoms with Gasteiger partial charge in [0.05, 0.1) is 6.10 Å². The van der Waals surface area contributed by atoms with Gasteiger partial charge in [-0.05, 0) is 68.8 Å². The molecular weight excluding hydrogens is 289 g/mol. The molecule has 0 saturated heterocycles. The highest BCUT2D eigenvalue weighted by Crippen LogP contribution is 2.34. The van der Waals surface area contributed by atoms with E-state index in [2.05, 4.69) is 12.2 Å². The Hall–Kier alpha value is -0.640. The molecule has 0 bridgehead atoms. The largest absolute Gasteiger partial charge is 0.378 e. The van der Waals surface area contributed by atoms with Crippen LogP contribution in [-0.2, 0) is 11.2 Å². The molecule has 2 rings (SSSR count). The first-order valence-corrected chi connectivity index (χ1v) is 8.29. The highest BCUT2D eigenvalue weighted by molar-refractivity contribution is 6.31. The third kappa shape index (κ3) is 4.94. The van der Waals surface area contributed by atoms with Crippen molar-refractivity contribution in [2.75, 3.05) is 13.2 Å². The van der Waals surface area contributed by atoms with Gasteiger partial charge in [-0.3, -0.25) is 0 Å². The molecule has 1 aliphatic rings. The summed E-state index contributed by atoms with van der Waals surface area (Å²) in [4.78, 5) is 0. The molecule has 118 valence electrons. The van der Waals surface area contributed by atoms with E-state index in [0.717, 1.165) is 44.4 Å². The molecule has 1 aliphatic carbocycles. The summed E-state index contributed by atoms with van der Waals surface area (Å²) in [5.74, 6) is 0.489. The molecule has 0 radical (unpaired) electrons. The van der Waals surface area contributed by atoms with Gasteiger partial charge < -0.3 is 10.1 Å². The monoisotopic (exact) mass is 313 g/mol. The summed E-state index contributed by atoms with van der Waals surface area (Å²) in [5, 5.41) is 4.15. The molecule has 21 heavy (non-hydrogen) atoms. The molecule has 0 aliphatic heterocycles. The summed E-state index contributed by atoms with van der Waals surface area (Å²) in [7, 11) is 0. The van der Waals surface area contributed by atoms with Crippen LogP contribution in [0.5, 0.6) is 0 Å². The van der Waals surface area contributed by atoms with E-state index in [1.54, 1.807) is 12.1 Å². The molecule has 1 unspecified atom stereocenters. The van der Waals surface area contributed by atoms with Gasteiger partial charge in [-0.25, -0.2) is 4.39 Å². The van der Waals surface area contributed by atoms with Crippen LogP contribution in [0.4, 0.5) is 4.39 Å². The van der Waals surface area contributed by atoms with Crippen LogP contribution < -0.4 is 5.32 Å². The minimum absolute atomic E-state index is 0.218.